The van der Waals surface area contributed by atoms with Gasteiger partial charge in [0.1, 0.15) is 0 Å². The number of thiophene rings is 1. The van der Waals surface area contributed by atoms with E-state index in [4.69, 9.17) is 0 Å². The summed E-state index contributed by atoms with van der Waals surface area (Å²) in [6.07, 6.45) is 6.85. The molecule has 3 aromatic heterocycles. The van der Waals surface area contributed by atoms with E-state index >= 15 is 0 Å². The number of amides is 1. The highest BCUT2D eigenvalue weighted by atomic mass is 32.1. The molecule has 0 aromatic carbocycles. The van der Waals surface area contributed by atoms with Gasteiger partial charge in [-0.05, 0) is 11.4 Å². The summed E-state index contributed by atoms with van der Waals surface area (Å²) in [5, 5.41) is 8.87. The van der Waals surface area contributed by atoms with Crippen LogP contribution in [0.3, 0.4) is 0 Å². The molecule has 0 aliphatic heterocycles. The van der Waals surface area contributed by atoms with E-state index in [9.17, 15) is 4.79 Å². The zero-order valence-electron chi connectivity index (χ0n) is 11.4. The Morgan fingerprint density at radius 3 is 2.95 bits per heavy atom. The maximum Gasteiger partial charge on any atom is 0.261 e. The van der Waals surface area contributed by atoms with Crippen LogP contribution in [0.5, 0.6) is 0 Å². The van der Waals surface area contributed by atoms with Gasteiger partial charge in [-0.2, -0.15) is 5.10 Å². The first-order valence-electron chi connectivity index (χ1n) is 6.34. The first-order chi connectivity index (χ1) is 10.2. The molecule has 0 atom stereocenters. The Kier molecular flexibility index (Phi) is 3.74. The first kappa shape index (κ1) is 13.4. The van der Waals surface area contributed by atoms with Crippen LogP contribution in [0.2, 0.25) is 0 Å². The lowest BCUT2D eigenvalue weighted by molar-refractivity contribution is 0.0954. The first-order valence-corrected chi connectivity index (χ1v) is 7.22. The molecule has 3 heterocycles. The highest BCUT2D eigenvalue weighted by Crippen LogP contribution is 2.18. The van der Waals surface area contributed by atoms with Gasteiger partial charge in [0.05, 0.1) is 29.0 Å². The molecule has 7 heteroatoms. The van der Waals surface area contributed by atoms with Gasteiger partial charge in [-0.15, -0.1) is 11.3 Å². The van der Waals surface area contributed by atoms with Gasteiger partial charge in [-0.25, -0.2) is 0 Å². The molecular formula is C14H13N5OS. The lowest BCUT2D eigenvalue weighted by atomic mass is 10.2. The van der Waals surface area contributed by atoms with Crippen LogP contribution in [0.25, 0.3) is 11.3 Å². The van der Waals surface area contributed by atoms with Gasteiger partial charge in [0, 0.05) is 31.2 Å². The molecule has 0 aliphatic carbocycles. The van der Waals surface area contributed by atoms with Crippen molar-refractivity contribution in [3.05, 3.63) is 52.9 Å². The fourth-order valence-electron chi connectivity index (χ4n) is 1.94. The van der Waals surface area contributed by atoms with Crippen molar-refractivity contribution < 1.29 is 4.79 Å². The van der Waals surface area contributed by atoms with Gasteiger partial charge in [-0.1, -0.05) is 6.07 Å². The summed E-state index contributed by atoms with van der Waals surface area (Å²) in [5.41, 5.74) is 2.33. The summed E-state index contributed by atoms with van der Waals surface area (Å²) < 4.78 is 1.71. The molecule has 106 valence electrons. The number of aryl methyl sites for hydroxylation is 1. The summed E-state index contributed by atoms with van der Waals surface area (Å²) in [6.45, 7) is 0.328. The van der Waals surface area contributed by atoms with E-state index in [1.54, 1.807) is 29.3 Å². The summed E-state index contributed by atoms with van der Waals surface area (Å²) in [7, 11) is 1.85. The van der Waals surface area contributed by atoms with E-state index in [0.717, 1.165) is 17.0 Å². The van der Waals surface area contributed by atoms with Crippen molar-refractivity contribution in [2.75, 3.05) is 0 Å². The second-order valence-electron chi connectivity index (χ2n) is 4.41. The number of rotatable bonds is 4. The number of hydrogen-bond donors (Lipinski definition) is 1. The molecule has 21 heavy (non-hydrogen) atoms. The summed E-state index contributed by atoms with van der Waals surface area (Å²) >= 11 is 1.41. The highest BCUT2D eigenvalue weighted by Gasteiger charge is 2.12. The predicted molar refractivity (Wildman–Crippen MR) is 79.7 cm³/mol. The molecule has 0 aliphatic rings. The Hall–Kier alpha value is -2.54. The molecule has 6 nitrogen and oxygen atoms in total. The third-order valence-electron chi connectivity index (χ3n) is 2.91. The SMILES string of the molecule is Cn1cc(-c2nccnc2CNC(=O)c2cccs2)cn1. The predicted octanol–water partition coefficient (Wildman–Crippen LogP) is 1.87. The van der Waals surface area contributed by atoms with Crippen molar-refractivity contribution in [2.24, 2.45) is 7.05 Å². The molecule has 0 unspecified atom stereocenters. The molecule has 0 spiro atoms. The quantitative estimate of drug-likeness (QED) is 0.798. The number of nitrogens with zero attached hydrogens (tertiary/aromatic N) is 4. The Morgan fingerprint density at radius 1 is 1.38 bits per heavy atom. The van der Waals surface area contributed by atoms with Crippen LogP contribution in [0.15, 0.2) is 42.3 Å². The van der Waals surface area contributed by atoms with Crippen molar-refractivity contribution in [1.82, 2.24) is 25.1 Å². The molecule has 0 saturated heterocycles. The third-order valence-corrected chi connectivity index (χ3v) is 3.78. The van der Waals surface area contributed by atoms with Crippen molar-refractivity contribution in [2.45, 2.75) is 6.54 Å². The van der Waals surface area contributed by atoms with Crippen molar-refractivity contribution >= 4 is 17.2 Å². The van der Waals surface area contributed by atoms with Crippen LogP contribution in [0.1, 0.15) is 15.4 Å². The zero-order valence-corrected chi connectivity index (χ0v) is 12.2. The van der Waals surface area contributed by atoms with Crippen LogP contribution < -0.4 is 5.32 Å². The molecule has 0 saturated carbocycles. The van der Waals surface area contributed by atoms with Crippen LogP contribution >= 0.6 is 11.3 Å². The average molecular weight is 299 g/mol. The van der Waals surface area contributed by atoms with E-state index in [-0.39, 0.29) is 5.91 Å². The number of hydrogen-bond acceptors (Lipinski definition) is 5. The second-order valence-corrected chi connectivity index (χ2v) is 5.36. The standard InChI is InChI=1S/C14H13N5OS/c1-19-9-10(7-18-19)13-11(15-4-5-16-13)8-17-14(20)12-3-2-6-21-12/h2-7,9H,8H2,1H3,(H,17,20). The topological polar surface area (TPSA) is 72.7 Å². The molecule has 1 N–H and O–H groups in total. The van der Waals surface area contributed by atoms with Crippen LogP contribution in [-0.4, -0.2) is 25.7 Å². The van der Waals surface area contributed by atoms with Crippen molar-refractivity contribution in [1.29, 1.82) is 0 Å². The Labute approximate surface area is 125 Å². The van der Waals surface area contributed by atoms with Gasteiger partial charge in [0.25, 0.3) is 5.91 Å². The van der Waals surface area contributed by atoms with Gasteiger partial charge in [0.15, 0.2) is 0 Å². The van der Waals surface area contributed by atoms with Crippen LogP contribution in [0.4, 0.5) is 0 Å². The molecular weight excluding hydrogens is 286 g/mol. The van der Waals surface area contributed by atoms with Gasteiger partial charge < -0.3 is 5.32 Å². The van der Waals surface area contributed by atoms with E-state index < -0.39 is 0 Å². The number of carbonyl (C=O) groups is 1. The number of aromatic nitrogens is 4. The van der Waals surface area contributed by atoms with E-state index in [1.165, 1.54) is 11.3 Å². The van der Waals surface area contributed by atoms with Crippen molar-refractivity contribution in [3.63, 3.8) is 0 Å². The fraction of sp³-hybridized carbons (Fsp3) is 0.143. The zero-order chi connectivity index (χ0) is 14.7. The van der Waals surface area contributed by atoms with E-state index in [2.05, 4.69) is 20.4 Å². The fourth-order valence-corrected chi connectivity index (χ4v) is 2.58. The second kappa shape index (κ2) is 5.84. The maximum absolute atomic E-state index is 12.0. The Balaban J connectivity index is 1.78. The lowest BCUT2D eigenvalue weighted by Crippen LogP contribution is -2.22. The molecule has 3 rings (SSSR count). The van der Waals surface area contributed by atoms with Gasteiger partial charge >= 0.3 is 0 Å². The minimum absolute atomic E-state index is 0.104. The van der Waals surface area contributed by atoms with E-state index in [0.29, 0.717) is 11.4 Å². The molecule has 0 bridgehead atoms. The summed E-state index contributed by atoms with van der Waals surface area (Å²) in [5.74, 6) is -0.104. The van der Waals surface area contributed by atoms with Crippen LogP contribution in [0, 0.1) is 0 Å². The minimum atomic E-state index is -0.104. The molecule has 3 aromatic rings. The maximum atomic E-state index is 12.0. The summed E-state index contributed by atoms with van der Waals surface area (Å²) in [4.78, 5) is 21.3. The molecule has 0 fully saturated rings. The molecule has 0 radical (unpaired) electrons. The van der Waals surface area contributed by atoms with Crippen molar-refractivity contribution in [3.8, 4) is 11.3 Å². The van der Waals surface area contributed by atoms with Crippen LogP contribution in [-0.2, 0) is 13.6 Å². The largest absolute Gasteiger partial charge is 0.346 e. The smallest absolute Gasteiger partial charge is 0.261 e. The van der Waals surface area contributed by atoms with Gasteiger partial charge in [0.2, 0.25) is 0 Å². The number of carbonyl (C=O) groups excluding carboxylic acids is 1. The highest BCUT2D eigenvalue weighted by molar-refractivity contribution is 7.12. The normalized spacial score (nSPS) is 10.5. The lowest BCUT2D eigenvalue weighted by Gasteiger charge is -2.06. The van der Waals surface area contributed by atoms with E-state index in [1.807, 2.05) is 24.7 Å². The molecule has 1 amide bonds. The Bertz CT molecular complexity index is 750. The minimum Gasteiger partial charge on any atom is -0.346 e. The number of nitrogens with one attached hydrogen (secondary N) is 1. The Morgan fingerprint density at radius 2 is 2.24 bits per heavy atom. The summed E-state index contributed by atoms with van der Waals surface area (Å²) in [6, 6.07) is 3.64. The van der Waals surface area contributed by atoms with Gasteiger partial charge in [-0.3, -0.25) is 19.4 Å². The third kappa shape index (κ3) is 2.97. The average Bonchev–Trinajstić information content (AvgIpc) is 3.16. The monoisotopic (exact) mass is 299 g/mol.